The number of rotatable bonds is 4. The standard InChI is InChI=1S/C14H20FNO/c1-6-14(3,4)16(5)13-8-7-11(10(2)17)9-12(13)15/h7-9H,6H2,1-5H3. The molecule has 0 radical (unpaired) electrons. The Hall–Kier alpha value is -1.38. The van der Waals surface area contributed by atoms with E-state index in [1.165, 1.54) is 13.0 Å². The van der Waals surface area contributed by atoms with Crippen LogP contribution in [0.2, 0.25) is 0 Å². The molecule has 0 unspecified atom stereocenters. The smallest absolute Gasteiger partial charge is 0.159 e. The van der Waals surface area contributed by atoms with Crippen LogP contribution in [0, 0.1) is 5.82 Å². The van der Waals surface area contributed by atoms with E-state index in [2.05, 4.69) is 20.8 Å². The Balaban J connectivity index is 3.12. The van der Waals surface area contributed by atoms with Gasteiger partial charge < -0.3 is 4.90 Å². The summed E-state index contributed by atoms with van der Waals surface area (Å²) in [5.74, 6) is -0.463. The van der Waals surface area contributed by atoms with Crippen LogP contribution in [0.1, 0.15) is 44.5 Å². The Kier molecular flexibility index (Phi) is 3.91. The minimum Gasteiger partial charge on any atom is -0.367 e. The van der Waals surface area contributed by atoms with Gasteiger partial charge in [0.15, 0.2) is 5.78 Å². The number of Topliss-reactive ketones (excluding diaryl/α,β-unsaturated/α-hetero) is 1. The molecular formula is C14H20FNO. The van der Waals surface area contributed by atoms with E-state index in [-0.39, 0.29) is 17.1 Å². The molecule has 0 amide bonds. The molecule has 3 heteroatoms. The molecule has 0 aliphatic carbocycles. The zero-order valence-electron chi connectivity index (χ0n) is 11.2. The van der Waals surface area contributed by atoms with E-state index in [0.29, 0.717) is 11.3 Å². The third-order valence-corrected chi connectivity index (χ3v) is 3.49. The highest BCUT2D eigenvalue weighted by Gasteiger charge is 2.23. The molecule has 1 rings (SSSR count). The van der Waals surface area contributed by atoms with Gasteiger partial charge in [-0.15, -0.1) is 0 Å². The van der Waals surface area contributed by atoms with Crippen molar-refractivity contribution in [2.24, 2.45) is 0 Å². The van der Waals surface area contributed by atoms with Crippen LogP contribution >= 0.6 is 0 Å². The Morgan fingerprint density at radius 2 is 2.00 bits per heavy atom. The summed E-state index contributed by atoms with van der Waals surface area (Å²) in [5, 5.41) is 0. The van der Waals surface area contributed by atoms with Crippen LogP contribution in [0.5, 0.6) is 0 Å². The fourth-order valence-corrected chi connectivity index (χ4v) is 1.56. The molecule has 0 saturated heterocycles. The van der Waals surface area contributed by atoms with Gasteiger partial charge in [0.05, 0.1) is 5.69 Å². The van der Waals surface area contributed by atoms with Crippen molar-refractivity contribution >= 4 is 11.5 Å². The predicted molar refractivity (Wildman–Crippen MR) is 69.2 cm³/mol. The molecule has 0 bridgehead atoms. The van der Waals surface area contributed by atoms with Gasteiger partial charge in [0.2, 0.25) is 0 Å². The Morgan fingerprint density at radius 3 is 2.41 bits per heavy atom. The highest BCUT2D eigenvalue weighted by Crippen LogP contribution is 2.27. The minimum atomic E-state index is -0.346. The Morgan fingerprint density at radius 1 is 1.41 bits per heavy atom. The zero-order chi connectivity index (χ0) is 13.2. The van der Waals surface area contributed by atoms with Gasteiger partial charge in [-0.05, 0) is 45.4 Å². The maximum Gasteiger partial charge on any atom is 0.159 e. The lowest BCUT2D eigenvalue weighted by atomic mass is 9.98. The van der Waals surface area contributed by atoms with Crippen LogP contribution in [0.3, 0.4) is 0 Å². The third-order valence-electron chi connectivity index (χ3n) is 3.49. The van der Waals surface area contributed by atoms with Crippen LogP contribution in [0.15, 0.2) is 18.2 Å². The summed E-state index contributed by atoms with van der Waals surface area (Å²) in [7, 11) is 1.87. The first kappa shape index (κ1) is 13.7. The van der Waals surface area contributed by atoms with Gasteiger partial charge in [-0.25, -0.2) is 4.39 Å². The normalized spacial score (nSPS) is 11.4. The van der Waals surface area contributed by atoms with Crippen LogP contribution in [-0.2, 0) is 0 Å². The molecule has 0 aromatic heterocycles. The molecule has 1 aromatic rings. The monoisotopic (exact) mass is 237 g/mol. The number of carbonyl (C=O) groups excluding carboxylic acids is 1. The molecule has 0 aliphatic heterocycles. The molecule has 94 valence electrons. The zero-order valence-corrected chi connectivity index (χ0v) is 11.2. The fraction of sp³-hybridized carbons (Fsp3) is 0.500. The SMILES string of the molecule is CCC(C)(C)N(C)c1ccc(C(C)=O)cc1F. The van der Waals surface area contributed by atoms with E-state index >= 15 is 0 Å². The molecule has 0 atom stereocenters. The summed E-state index contributed by atoms with van der Waals surface area (Å²) in [6.45, 7) is 7.63. The quantitative estimate of drug-likeness (QED) is 0.745. The topological polar surface area (TPSA) is 20.3 Å². The van der Waals surface area contributed by atoms with Gasteiger partial charge in [0, 0.05) is 18.2 Å². The average Bonchev–Trinajstić information content (AvgIpc) is 2.27. The maximum atomic E-state index is 13.9. The molecule has 0 aliphatic rings. The lowest BCUT2D eigenvalue weighted by Crippen LogP contribution is -2.41. The van der Waals surface area contributed by atoms with Crippen LogP contribution in [-0.4, -0.2) is 18.4 Å². The molecule has 17 heavy (non-hydrogen) atoms. The van der Waals surface area contributed by atoms with Gasteiger partial charge in [0.25, 0.3) is 0 Å². The van der Waals surface area contributed by atoms with Gasteiger partial charge >= 0.3 is 0 Å². The van der Waals surface area contributed by atoms with Gasteiger partial charge in [0.1, 0.15) is 5.82 Å². The van der Waals surface area contributed by atoms with Crippen molar-refractivity contribution in [1.29, 1.82) is 0 Å². The highest BCUT2D eigenvalue weighted by molar-refractivity contribution is 5.94. The number of halogens is 1. The average molecular weight is 237 g/mol. The van der Waals surface area contributed by atoms with E-state index in [1.54, 1.807) is 12.1 Å². The first-order valence-corrected chi connectivity index (χ1v) is 5.84. The number of ketones is 1. The summed E-state index contributed by atoms with van der Waals surface area (Å²) in [6.07, 6.45) is 0.914. The number of anilines is 1. The second-order valence-corrected chi connectivity index (χ2v) is 4.95. The number of hydrogen-bond acceptors (Lipinski definition) is 2. The second-order valence-electron chi connectivity index (χ2n) is 4.95. The second kappa shape index (κ2) is 4.86. The van der Waals surface area contributed by atoms with Crippen LogP contribution in [0.4, 0.5) is 10.1 Å². The van der Waals surface area contributed by atoms with E-state index in [0.717, 1.165) is 6.42 Å². The van der Waals surface area contributed by atoms with E-state index in [9.17, 15) is 9.18 Å². The van der Waals surface area contributed by atoms with Crippen molar-refractivity contribution in [3.63, 3.8) is 0 Å². The molecule has 0 saturated carbocycles. The first-order valence-electron chi connectivity index (χ1n) is 5.84. The highest BCUT2D eigenvalue weighted by atomic mass is 19.1. The summed E-state index contributed by atoms with van der Waals surface area (Å²) in [6, 6.07) is 4.65. The van der Waals surface area contributed by atoms with E-state index in [4.69, 9.17) is 0 Å². The van der Waals surface area contributed by atoms with Gasteiger partial charge in [-0.1, -0.05) is 6.92 Å². The fourth-order valence-electron chi connectivity index (χ4n) is 1.56. The predicted octanol–water partition coefficient (Wildman–Crippen LogP) is 3.65. The summed E-state index contributed by atoms with van der Waals surface area (Å²) in [4.78, 5) is 13.1. The van der Waals surface area contributed by atoms with Crippen LogP contribution in [0.25, 0.3) is 0 Å². The minimum absolute atomic E-state index is 0.113. The molecule has 0 spiro atoms. The number of benzene rings is 1. The lowest BCUT2D eigenvalue weighted by Gasteiger charge is -2.37. The van der Waals surface area contributed by atoms with Gasteiger partial charge in [-0.3, -0.25) is 4.79 Å². The third kappa shape index (κ3) is 2.84. The van der Waals surface area contributed by atoms with Gasteiger partial charge in [-0.2, -0.15) is 0 Å². The molecular weight excluding hydrogens is 217 g/mol. The molecule has 0 fully saturated rings. The number of carbonyl (C=O) groups is 1. The largest absolute Gasteiger partial charge is 0.367 e. The maximum absolute atomic E-state index is 13.9. The van der Waals surface area contributed by atoms with Crippen molar-refractivity contribution < 1.29 is 9.18 Å². The number of nitrogens with zero attached hydrogens (tertiary/aromatic N) is 1. The van der Waals surface area contributed by atoms with Crippen molar-refractivity contribution in [2.75, 3.05) is 11.9 Å². The van der Waals surface area contributed by atoms with Crippen molar-refractivity contribution in [3.05, 3.63) is 29.6 Å². The number of hydrogen-bond donors (Lipinski definition) is 0. The molecule has 0 heterocycles. The Bertz CT molecular complexity index is 426. The van der Waals surface area contributed by atoms with Crippen molar-refractivity contribution in [2.45, 2.75) is 39.7 Å². The van der Waals surface area contributed by atoms with E-state index < -0.39 is 0 Å². The lowest BCUT2D eigenvalue weighted by molar-refractivity contribution is 0.101. The van der Waals surface area contributed by atoms with Crippen LogP contribution < -0.4 is 4.90 Å². The molecule has 1 aromatic carbocycles. The summed E-state index contributed by atoms with van der Waals surface area (Å²) < 4.78 is 13.9. The summed E-state index contributed by atoms with van der Waals surface area (Å²) in [5.41, 5.74) is 0.828. The molecule has 0 N–H and O–H groups in total. The van der Waals surface area contributed by atoms with Crippen molar-refractivity contribution in [1.82, 2.24) is 0 Å². The molecule has 2 nitrogen and oxygen atoms in total. The van der Waals surface area contributed by atoms with Crippen molar-refractivity contribution in [3.8, 4) is 0 Å². The first-order chi connectivity index (χ1) is 7.79. The Labute approximate surface area is 102 Å². The summed E-state index contributed by atoms with van der Waals surface area (Å²) >= 11 is 0. The van der Waals surface area contributed by atoms with E-state index in [1.807, 2.05) is 11.9 Å².